The Morgan fingerprint density at radius 3 is 2.25 bits per heavy atom. The minimum atomic E-state index is -2.74. The Balaban J connectivity index is 0.00000121. The van der Waals surface area contributed by atoms with Crippen molar-refractivity contribution in [3.8, 4) is 0 Å². The van der Waals surface area contributed by atoms with E-state index in [9.17, 15) is 4.80 Å². The Morgan fingerprint density at radius 2 is 1.83 bits per heavy atom. The maximum absolute atomic E-state index is 11.6. The first-order valence-electron chi connectivity index (χ1n) is 3.48. The summed E-state index contributed by atoms with van der Waals surface area (Å²) < 4.78 is 5.05. The molecule has 0 heterocycles. The van der Waals surface area contributed by atoms with Crippen LogP contribution in [0.15, 0.2) is 30.3 Å². The van der Waals surface area contributed by atoms with Gasteiger partial charge in [-0.15, -0.1) is 0 Å². The molecule has 0 amide bonds. The normalized spacial score (nSPS) is 14.8. The minimum absolute atomic E-state index is 0. The quantitative estimate of drug-likeness (QED) is 0.474. The van der Waals surface area contributed by atoms with Crippen LogP contribution in [0.3, 0.4) is 0 Å². The summed E-state index contributed by atoms with van der Waals surface area (Å²) in [6.07, 6.45) is 0. The standard InChI is InChI=1S/C7H11O2Si2.K/c1-11(8,9-10)7-5-3-2-4-6-7;/h2-6H,1,10H3;/q-1;+1. The molecule has 0 aliphatic heterocycles. The van der Waals surface area contributed by atoms with Crippen LogP contribution in [-0.4, -0.2) is 19.0 Å². The van der Waals surface area contributed by atoms with Gasteiger partial charge in [-0.3, -0.25) is 0 Å². The fourth-order valence-electron chi connectivity index (χ4n) is 0.859. The number of hydrogen-bond acceptors (Lipinski definition) is 2. The summed E-state index contributed by atoms with van der Waals surface area (Å²) in [5.41, 5.74) is 0. The molecule has 0 aliphatic carbocycles. The van der Waals surface area contributed by atoms with E-state index >= 15 is 0 Å². The molecule has 0 radical (unpaired) electrons. The third kappa shape index (κ3) is 3.52. The molecule has 0 saturated heterocycles. The summed E-state index contributed by atoms with van der Waals surface area (Å²) in [5.74, 6) is 0. The smallest absolute Gasteiger partial charge is 0.835 e. The van der Waals surface area contributed by atoms with Crippen molar-refractivity contribution < 1.29 is 60.3 Å². The Labute approximate surface area is 120 Å². The third-order valence-electron chi connectivity index (χ3n) is 1.69. The van der Waals surface area contributed by atoms with Crippen LogP contribution in [0.1, 0.15) is 0 Å². The van der Waals surface area contributed by atoms with Gasteiger partial charge in [0, 0.05) is 0 Å². The van der Waals surface area contributed by atoms with Gasteiger partial charge in [-0.05, 0) is 5.19 Å². The molecule has 60 valence electrons. The van der Waals surface area contributed by atoms with Crippen molar-refractivity contribution in [3.63, 3.8) is 0 Å². The van der Waals surface area contributed by atoms with E-state index in [2.05, 4.69) is 0 Å². The SMILES string of the molecule is C[Si]([O-])(O[SiH3])c1ccccc1.[K+]. The van der Waals surface area contributed by atoms with Crippen molar-refractivity contribution in [2.45, 2.75) is 6.55 Å². The predicted molar refractivity (Wildman–Crippen MR) is 48.7 cm³/mol. The molecule has 0 fully saturated rings. The minimum Gasteiger partial charge on any atom is -0.835 e. The molecule has 0 bridgehead atoms. The fraction of sp³-hybridized carbons (Fsp3) is 0.143. The third-order valence-corrected chi connectivity index (χ3v) is 6.19. The zero-order valence-electron chi connectivity index (χ0n) is 7.70. The molecule has 0 aromatic heterocycles. The Hall–Kier alpha value is 1.21. The van der Waals surface area contributed by atoms with Crippen molar-refractivity contribution >= 4 is 24.2 Å². The van der Waals surface area contributed by atoms with Gasteiger partial charge in [0.15, 0.2) is 0 Å². The van der Waals surface area contributed by atoms with Crippen molar-refractivity contribution in [2.75, 3.05) is 0 Å². The molecule has 1 aromatic carbocycles. The number of rotatable bonds is 2. The second-order valence-electron chi connectivity index (χ2n) is 2.52. The van der Waals surface area contributed by atoms with Crippen LogP contribution in [0.5, 0.6) is 0 Å². The van der Waals surface area contributed by atoms with E-state index < -0.39 is 8.56 Å². The number of hydrogen-bond donors (Lipinski definition) is 0. The van der Waals surface area contributed by atoms with Gasteiger partial charge in [-0.1, -0.05) is 36.9 Å². The first-order valence-corrected chi connectivity index (χ1v) is 6.61. The van der Waals surface area contributed by atoms with Crippen molar-refractivity contribution in [1.82, 2.24) is 0 Å². The van der Waals surface area contributed by atoms with Crippen LogP contribution in [0, 0.1) is 0 Å². The molecular weight excluding hydrogens is 211 g/mol. The summed E-state index contributed by atoms with van der Waals surface area (Å²) in [5, 5.41) is 0.829. The Kier molecular flexibility index (Phi) is 6.43. The Morgan fingerprint density at radius 1 is 1.33 bits per heavy atom. The first kappa shape index (κ1) is 13.2. The van der Waals surface area contributed by atoms with Gasteiger partial charge in [-0.2, -0.15) is 0 Å². The largest absolute Gasteiger partial charge is 1.00 e. The molecule has 1 aromatic rings. The second kappa shape index (κ2) is 5.84. The van der Waals surface area contributed by atoms with Gasteiger partial charge in [0.1, 0.15) is 19.0 Å². The van der Waals surface area contributed by atoms with Crippen LogP contribution in [0.2, 0.25) is 6.55 Å². The van der Waals surface area contributed by atoms with Gasteiger partial charge in [0.2, 0.25) is 0 Å². The van der Waals surface area contributed by atoms with E-state index in [-0.39, 0.29) is 51.4 Å². The monoisotopic (exact) mass is 222 g/mol. The number of benzene rings is 1. The van der Waals surface area contributed by atoms with Crippen LogP contribution in [-0.2, 0) is 4.12 Å². The Bertz CT molecular complexity index is 228. The molecule has 2 nitrogen and oxygen atoms in total. The molecule has 5 heteroatoms. The van der Waals surface area contributed by atoms with E-state index in [1.807, 2.05) is 30.3 Å². The zero-order chi connectivity index (χ0) is 8.32. The van der Waals surface area contributed by atoms with Crippen molar-refractivity contribution in [2.24, 2.45) is 0 Å². The fourth-order valence-corrected chi connectivity index (χ4v) is 2.60. The summed E-state index contributed by atoms with van der Waals surface area (Å²) in [6, 6.07) is 9.34. The van der Waals surface area contributed by atoms with E-state index in [1.165, 1.54) is 0 Å². The average Bonchev–Trinajstić information content (AvgIpc) is 2.06. The summed E-state index contributed by atoms with van der Waals surface area (Å²) in [7, 11) is -2.21. The van der Waals surface area contributed by atoms with E-state index in [0.29, 0.717) is 10.5 Å². The summed E-state index contributed by atoms with van der Waals surface area (Å²) >= 11 is 0. The second-order valence-corrected chi connectivity index (χ2v) is 6.62. The first-order chi connectivity index (χ1) is 5.17. The molecule has 0 spiro atoms. The van der Waals surface area contributed by atoms with Crippen LogP contribution >= 0.6 is 0 Å². The maximum atomic E-state index is 11.6. The van der Waals surface area contributed by atoms with Crippen molar-refractivity contribution in [3.05, 3.63) is 30.3 Å². The molecule has 1 unspecified atom stereocenters. The molecular formula is C7H11KO2Si2. The van der Waals surface area contributed by atoms with E-state index in [1.54, 1.807) is 6.55 Å². The molecule has 12 heavy (non-hydrogen) atoms. The predicted octanol–water partition coefficient (Wildman–Crippen LogP) is -4.37. The maximum Gasteiger partial charge on any atom is 1.00 e. The summed E-state index contributed by atoms with van der Waals surface area (Å²) in [6.45, 7) is 1.68. The van der Waals surface area contributed by atoms with Gasteiger partial charge in [0.25, 0.3) is 0 Å². The zero-order valence-corrected chi connectivity index (χ0v) is 13.8. The molecule has 0 saturated carbocycles. The van der Waals surface area contributed by atoms with Gasteiger partial charge < -0.3 is 8.91 Å². The summed E-state index contributed by atoms with van der Waals surface area (Å²) in [4.78, 5) is 11.6. The van der Waals surface area contributed by atoms with Gasteiger partial charge in [0.05, 0.1) is 0 Å². The van der Waals surface area contributed by atoms with Crippen LogP contribution < -0.4 is 61.4 Å². The molecule has 0 N–H and O–H groups in total. The topological polar surface area (TPSA) is 32.3 Å². The van der Waals surface area contributed by atoms with E-state index in [0.717, 1.165) is 5.19 Å². The van der Waals surface area contributed by atoms with Crippen molar-refractivity contribution in [1.29, 1.82) is 0 Å². The van der Waals surface area contributed by atoms with Crippen LogP contribution in [0.4, 0.5) is 0 Å². The van der Waals surface area contributed by atoms with Gasteiger partial charge >= 0.3 is 51.4 Å². The van der Waals surface area contributed by atoms with Gasteiger partial charge in [-0.25, -0.2) is 0 Å². The molecule has 0 aliphatic rings. The van der Waals surface area contributed by atoms with Crippen LogP contribution in [0.25, 0.3) is 0 Å². The molecule has 1 atom stereocenters. The average molecular weight is 222 g/mol. The molecule has 1 rings (SSSR count). The van der Waals surface area contributed by atoms with E-state index in [4.69, 9.17) is 4.12 Å².